The zero-order valence-corrected chi connectivity index (χ0v) is 20.8. The van der Waals surface area contributed by atoms with Gasteiger partial charge < -0.3 is 0 Å². The van der Waals surface area contributed by atoms with Gasteiger partial charge in [-0.15, -0.1) is 0 Å². The molecule has 0 N–H and O–H groups in total. The van der Waals surface area contributed by atoms with Crippen molar-refractivity contribution in [2.24, 2.45) is 52.3 Å². The number of fused-ring (bicyclic) bond motifs is 5. The maximum atomic E-state index is 12.1. The zero-order chi connectivity index (χ0) is 21.7. The second-order valence-electron chi connectivity index (χ2n) is 12.7. The molecule has 1 heteroatoms. The van der Waals surface area contributed by atoms with E-state index < -0.39 is 0 Å². The van der Waals surface area contributed by atoms with Crippen molar-refractivity contribution in [1.82, 2.24) is 0 Å². The molecule has 0 heterocycles. The third kappa shape index (κ3) is 3.65. The maximum absolute atomic E-state index is 12.1. The summed E-state index contributed by atoms with van der Waals surface area (Å²) in [4.78, 5) is 12.1. The van der Waals surface area contributed by atoms with Gasteiger partial charge in [-0.05, 0) is 110 Å². The Morgan fingerprint density at radius 2 is 1.73 bits per heavy atom. The van der Waals surface area contributed by atoms with E-state index in [-0.39, 0.29) is 0 Å². The Hall–Kier alpha value is -0.590. The standard InChI is InChI=1S/C29H48O/c1-7-21(19(2)3)9-8-20(4)25-12-13-26-24-11-10-22-18-23(30)14-16-28(22,5)27(24)15-17-29(25,26)6/h18-21,24-27H,7-17H2,1-6H3/t20-,21-,24+,25-,26+,27+,28-,29+/m0/s1. The van der Waals surface area contributed by atoms with Crippen LogP contribution in [0.25, 0.3) is 0 Å². The van der Waals surface area contributed by atoms with E-state index in [0.717, 1.165) is 54.3 Å². The first kappa shape index (κ1) is 22.6. The molecule has 4 aliphatic rings. The van der Waals surface area contributed by atoms with Gasteiger partial charge in [0.1, 0.15) is 0 Å². The molecule has 0 spiro atoms. The molecule has 0 bridgehead atoms. The largest absolute Gasteiger partial charge is 0.295 e. The second kappa shape index (κ2) is 8.40. The Labute approximate surface area is 186 Å². The molecule has 3 fully saturated rings. The lowest BCUT2D eigenvalue weighted by Gasteiger charge is -2.58. The molecule has 170 valence electrons. The van der Waals surface area contributed by atoms with E-state index in [2.05, 4.69) is 47.6 Å². The van der Waals surface area contributed by atoms with Crippen LogP contribution in [0.5, 0.6) is 0 Å². The molecule has 8 atom stereocenters. The van der Waals surface area contributed by atoms with Gasteiger partial charge in [0.05, 0.1) is 0 Å². The topological polar surface area (TPSA) is 17.1 Å². The van der Waals surface area contributed by atoms with Crippen molar-refractivity contribution in [3.63, 3.8) is 0 Å². The van der Waals surface area contributed by atoms with Gasteiger partial charge >= 0.3 is 0 Å². The second-order valence-corrected chi connectivity index (χ2v) is 12.7. The number of hydrogen-bond donors (Lipinski definition) is 0. The van der Waals surface area contributed by atoms with Crippen molar-refractivity contribution in [1.29, 1.82) is 0 Å². The molecular weight excluding hydrogens is 364 g/mol. The van der Waals surface area contributed by atoms with Crippen molar-refractivity contribution in [3.05, 3.63) is 11.6 Å². The van der Waals surface area contributed by atoms with Gasteiger partial charge in [-0.25, -0.2) is 0 Å². The third-order valence-electron chi connectivity index (χ3n) is 11.2. The Morgan fingerprint density at radius 1 is 0.967 bits per heavy atom. The van der Waals surface area contributed by atoms with Crippen molar-refractivity contribution in [2.45, 2.75) is 112 Å². The van der Waals surface area contributed by atoms with Crippen LogP contribution in [0, 0.1) is 52.3 Å². The fourth-order valence-electron chi connectivity index (χ4n) is 9.22. The van der Waals surface area contributed by atoms with Crippen molar-refractivity contribution in [2.75, 3.05) is 0 Å². The first-order valence-corrected chi connectivity index (χ1v) is 13.4. The van der Waals surface area contributed by atoms with Gasteiger partial charge in [-0.3, -0.25) is 4.79 Å². The van der Waals surface area contributed by atoms with Crippen LogP contribution in [0.4, 0.5) is 0 Å². The molecule has 4 rings (SSSR count). The molecule has 0 aromatic rings. The number of hydrogen-bond acceptors (Lipinski definition) is 1. The summed E-state index contributed by atoms with van der Waals surface area (Å²) in [5, 5.41) is 0. The summed E-state index contributed by atoms with van der Waals surface area (Å²) in [5.41, 5.74) is 2.42. The number of allylic oxidation sites excluding steroid dienone is 1. The molecule has 0 aromatic carbocycles. The molecule has 0 amide bonds. The van der Waals surface area contributed by atoms with Gasteiger partial charge in [-0.1, -0.05) is 60.0 Å². The van der Waals surface area contributed by atoms with E-state index in [0.29, 0.717) is 16.6 Å². The Bertz CT molecular complexity index is 674. The lowest BCUT2D eigenvalue weighted by molar-refractivity contribution is -0.117. The predicted molar refractivity (Wildman–Crippen MR) is 127 cm³/mol. The van der Waals surface area contributed by atoms with E-state index in [1.165, 1.54) is 63.4 Å². The molecular formula is C29H48O. The summed E-state index contributed by atoms with van der Waals surface area (Å²) in [6, 6.07) is 0. The fourth-order valence-corrected chi connectivity index (χ4v) is 9.22. The SMILES string of the molecule is CC[C@@H](CC[C@H](C)[C@@H]1CC[C@@H]2[C@H]3CCC4=CC(=O)CC[C@]4(C)[C@@H]3CC[C@@]21C)C(C)C. The summed E-state index contributed by atoms with van der Waals surface area (Å²) < 4.78 is 0. The number of carbonyl (C=O) groups is 1. The quantitative estimate of drug-likeness (QED) is 0.429. The highest BCUT2D eigenvalue weighted by molar-refractivity contribution is 5.91. The van der Waals surface area contributed by atoms with Gasteiger partial charge in [-0.2, -0.15) is 0 Å². The van der Waals surface area contributed by atoms with Crippen LogP contribution < -0.4 is 0 Å². The smallest absolute Gasteiger partial charge is 0.155 e. The summed E-state index contributed by atoms with van der Waals surface area (Å²) >= 11 is 0. The number of carbonyl (C=O) groups excluding carboxylic acids is 1. The van der Waals surface area contributed by atoms with Crippen LogP contribution in [-0.4, -0.2) is 5.78 Å². The minimum Gasteiger partial charge on any atom is -0.295 e. The first-order valence-electron chi connectivity index (χ1n) is 13.4. The average Bonchev–Trinajstić information content (AvgIpc) is 3.06. The van der Waals surface area contributed by atoms with Crippen LogP contribution >= 0.6 is 0 Å². The number of ketones is 1. The molecule has 4 aliphatic carbocycles. The first-order chi connectivity index (χ1) is 14.2. The van der Waals surface area contributed by atoms with Crippen LogP contribution in [0.3, 0.4) is 0 Å². The lowest BCUT2D eigenvalue weighted by atomic mass is 9.46. The normalized spacial score (nSPS) is 42.9. The van der Waals surface area contributed by atoms with E-state index in [1.54, 1.807) is 0 Å². The summed E-state index contributed by atoms with van der Waals surface area (Å²) in [6.07, 6.45) is 16.5. The van der Waals surface area contributed by atoms with Crippen molar-refractivity contribution >= 4 is 5.78 Å². The lowest BCUT2D eigenvalue weighted by Crippen LogP contribution is -2.51. The molecule has 0 saturated heterocycles. The summed E-state index contributed by atoms with van der Waals surface area (Å²) in [6.45, 7) is 15.0. The molecule has 0 unspecified atom stereocenters. The van der Waals surface area contributed by atoms with Crippen LogP contribution in [0.1, 0.15) is 112 Å². The minimum atomic E-state index is 0.327. The summed E-state index contributed by atoms with van der Waals surface area (Å²) in [5.74, 6) is 6.63. The fraction of sp³-hybridized carbons (Fsp3) is 0.897. The van der Waals surface area contributed by atoms with Gasteiger partial charge in [0.2, 0.25) is 0 Å². The Morgan fingerprint density at radius 3 is 2.43 bits per heavy atom. The van der Waals surface area contributed by atoms with Gasteiger partial charge in [0.15, 0.2) is 5.78 Å². The molecule has 0 aromatic heterocycles. The van der Waals surface area contributed by atoms with E-state index in [4.69, 9.17) is 0 Å². The van der Waals surface area contributed by atoms with E-state index >= 15 is 0 Å². The average molecular weight is 413 g/mol. The van der Waals surface area contributed by atoms with E-state index in [9.17, 15) is 4.79 Å². The maximum Gasteiger partial charge on any atom is 0.155 e. The Kier molecular flexibility index (Phi) is 6.33. The zero-order valence-electron chi connectivity index (χ0n) is 20.8. The van der Waals surface area contributed by atoms with Crippen molar-refractivity contribution < 1.29 is 4.79 Å². The minimum absolute atomic E-state index is 0.327. The highest BCUT2D eigenvalue weighted by Crippen LogP contribution is 2.67. The van der Waals surface area contributed by atoms with Gasteiger partial charge in [0, 0.05) is 6.42 Å². The highest BCUT2D eigenvalue weighted by atomic mass is 16.1. The predicted octanol–water partition coefficient (Wildman–Crippen LogP) is 8.23. The van der Waals surface area contributed by atoms with Crippen LogP contribution in [-0.2, 0) is 4.79 Å². The third-order valence-corrected chi connectivity index (χ3v) is 11.2. The van der Waals surface area contributed by atoms with Crippen LogP contribution in [0.15, 0.2) is 11.6 Å². The number of rotatable bonds is 6. The van der Waals surface area contributed by atoms with Crippen molar-refractivity contribution in [3.8, 4) is 0 Å². The highest BCUT2D eigenvalue weighted by Gasteiger charge is 2.59. The monoisotopic (exact) mass is 412 g/mol. The summed E-state index contributed by atoms with van der Waals surface area (Å²) in [7, 11) is 0. The van der Waals surface area contributed by atoms with Gasteiger partial charge in [0.25, 0.3) is 0 Å². The Balaban J connectivity index is 1.48. The molecule has 3 saturated carbocycles. The molecule has 30 heavy (non-hydrogen) atoms. The molecule has 1 nitrogen and oxygen atoms in total. The molecule has 0 aliphatic heterocycles. The van der Waals surface area contributed by atoms with E-state index in [1.807, 2.05) is 0 Å². The molecule has 0 radical (unpaired) electrons. The van der Waals surface area contributed by atoms with Crippen LogP contribution in [0.2, 0.25) is 0 Å².